The lowest BCUT2D eigenvalue weighted by Crippen LogP contribution is -2.69. The van der Waals surface area contributed by atoms with Crippen LogP contribution in [0.3, 0.4) is 0 Å². The number of nitrogens with zero attached hydrogens (tertiary/aromatic N) is 2. The lowest BCUT2D eigenvalue weighted by atomic mass is 9.44. The summed E-state index contributed by atoms with van der Waals surface area (Å²) in [7, 11) is -5.05. The molecule has 5 aliphatic rings. The van der Waals surface area contributed by atoms with Gasteiger partial charge in [0.05, 0.1) is 46.0 Å². The van der Waals surface area contributed by atoms with Crippen LogP contribution in [0, 0.1) is 39.9 Å². The Kier molecular flexibility index (Phi) is 16.9. The lowest BCUT2D eigenvalue weighted by molar-refractivity contribution is -0.219. The second kappa shape index (κ2) is 22.7. The van der Waals surface area contributed by atoms with Crippen molar-refractivity contribution in [1.29, 1.82) is 5.26 Å². The summed E-state index contributed by atoms with van der Waals surface area (Å²) < 4.78 is 86.3. The van der Waals surface area contributed by atoms with Crippen LogP contribution in [0.2, 0.25) is 18.1 Å². The van der Waals surface area contributed by atoms with Crippen molar-refractivity contribution >= 4 is 27.7 Å². The number of halogens is 1. The maximum atomic E-state index is 18.1. The third kappa shape index (κ3) is 10.4. The minimum absolute atomic E-state index is 0.197. The van der Waals surface area contributed by atoms with Crippen LogP contribution < -0.4 is 20.7 Å². The van der Waals surface area contributed by atoms with Crippen molar-refractivity contribution in [3.05, 3.63) is 152 Å². The minimum atomic E-state index is -5.16. The van der Waals surface area contributed by atoms with Crippen molar-refractivity contribution in [2.75, 3.05) is 34.0 Å². The first-order chi connectivity index (χ1) is 38.7. The number of aromatic amines is 1. The predicted octanol–water partition coefficient (Wildman–Crippen LogP) is 9.21. The van der Waals surface area contributed by atoms with Gasteiger partial charge in [0, 0.05) is 29.0 Å². The molecule has 1 aromatic heterocycles. The van der Waals surface area contributed by atoms with E-state index >= 15 is 13.8 Å². The van der Waals surface area contributed by atoms with E-state index in [2.05, 4.69) is 4.98 Å². The Labute approximate surface area is 478 Å². The van der Waals surface area contributed by atoms with Gasteiger partial charge in [-0.1, -0.05) is 101 Å². The van der Waals surface area contributed by atoms with Gasteiger partial charge in [-0.2, -0.15) is 5.26 Å². The van der Waals surface area contributed by atoms with Crippen molar-refractivity contribution in [3.8, 4) is 17.6 Å². The molecule has 3 N–H and O–H groups in total. The van der Waals surface area contributed by atoms with Crippen LogP contribution in [0.15, 0.2) is 125 Å². The number of aliphatic hydroxyl groups is 2. The zero-order valence-corrected chi connectivity index (χ0v) is 50.0. The second-order valence-electron chi connectivity index (χ2n) is 24.4. The van der Waals surface area contributed by atoms with Crippen molar-refractivity contribution in [2.45, 2.75) is 139 Å². The Morgan fingerprint density at radius 1 is 0.927 bits per heavy atom. The highest BCUT2D eigenvalue weighted by atomic mass is 31.2. The van der Waals surface area contributed by atoms with Crippen molar-refractivity contribution < 1.29 is 65.7 Å². The Morgan fingerprint density at radius 3 is 2.13 bits per heavy atom. The fraction of sp³-hybridized carbons (Fsp3) is 0.525. The Hall–Kier alpha value is -5.69. The monoisotopic (exact) mass is 1170 g/mol. The number of ether oxygens (including phenoxy) is 4. The highest BCUT2D eigenvalue weighted by Gasteiger charge is 2.76. The molecule has 0 spiro atoms. The molecule has 0 bridgehead atoms. The second-order valence-corrected chi connectivity index (χ2v) is 30.7. The van der Waals surface area contributed by atoms with Gasteiger partial charge >= 0.3 is 13.5 Å². The number of H-pyrrole nitrogens is 1. The quantitative estimate of drug-likeness (QED) is 0.0323. The van der Waals surface area contributed by atoms with E-state index in [1.807, 2.05) is 94.5 Å². The summed E-state index contributed by atoms with van der Waals surface area (Å²) in [6, 6.07) is 27.1. The molecule has 0 radical (unpaired) electrons. The average Bonchev–Trinajstić information content (AvgIpc) is 2.11. The topological polar surface area (TPSA) is 244 Å². The Balaban J connectivity index is 1.12. The first-order valence-electron chi connectivity index (χ1n) is 27.8. The molecule has 82 heavy (non-hydrogen) atoms. The summed E-state index contributed by atoms with van der Waals surface area (Å²) >= 11 is 0. The summed E-state index contributed by atoms with van der Waals surface area (Å²) in [5, 5.41) is 34.3. The van der Waals surface area contributed by atoms with Crippen molar-refractivity contribution in [2.24, 2.45) is 28.6 Å². The molecule has 1 saturated heterocycles. The minimum Gasteiger partial charge on any atom is -0.497 e. The van der Waals surface area contributed by atoms with E-state index in [0.717, 1.165) is 10.6 Å². The smallest absolute Gasteiger partial charge is 0.475 e. The number of aromatic nitrogens is 2. The SMILES string of the molecule is COc1ccc(C(OC[C@H]2O[C@@H](n3ccc(=O)[nH]c3=O)C(O[Si](C)(C)C(C)(C)C)[C@H]2OP(=O)(OCCC#N)OCC(=O)[C@@]2(O)[C@H](C)C[C@H]3[C@@H]4CCC5=CC(=O)C=C[C@]5(C)[C@@]4(F)[C@@H](O)C[C@@]32C)(c2ccccc2)c2ccc(OC)cc2)cc1. The van der Waals surface area contributed by atoms with Crippen LogP contribution >= 0.6 is 7.82 Å². The number of alkyl halides is 1. The van der Waals surface area contributed by atoms with Crippen molar-refractivity contribution in [3.63, 3.8) is 0 Å². The molecule has 9 rings (SSSR count). The number of methoxy groups -OCH3 is 2. The van der Waals surface area contributed by atoms with Gasteiger partial charge in [-0.25, -0.2) is 13.8 Å². The molecular weight excluding hydrogens is 1090 g/mol. The summed E-state index contributed by atoms with van der Waals surface area (Å²) in [5.41, 5.74) is -7.70. The average molecular weight is 1170 g/mol. The summed E-state index contributed by atoms with van der Waals surface area (Å²) in [6.45, 7) is 12.9. The highest BCUT2D eigenvalue weighted by molar-refractivity contribution is 7.48. The van der Waals surface area contributed by atoms with Crippen LogP contribution in [0.25, 0.3) is 0 Å². The molecule has 440 valence electrons. The third-order valence-electron chi connectivity index (χ3n) is 19.0. The molecule has 21 heteroatoms. The number of benzene rings is 3. The van der Waals surface area contributed by atoms with E-state index in [0.29, 0.717) is 40.2 Å². The highest BCUT2D eigenvalue weighted by Crippen LogP contribution is 2.71. The van der Waals surface area contributed by atoms with Gasteiger partial charge in [-0.3, -0.25) is 37.5 Å². The van der Waals surface area contributed by atoms with Crippen LogP contribution in [-0.4, -0.2) is 109 Å². The number of rotatable bonds is 20. The molecule has 4 aliphatic carbocycles. The van der Waals surface area contributed by atoms with Gasteiger partial charge in [0.25, 0.3) is 5.56 Å². The fourth-order valence-corrected chi connectivity index (χ4v) is 16.2. The largest absolute Gasteiger partial charge is 0.497 e. The molecule has 4 fully saturated rings. The van der Waals surface area contributed by atoms with Gasteiger partial charge in [0.1, 0.15) is 47.6 Å². The lowest BCUT2D eigenvalue weighted by Gasteiger charge is -2.62. The molecule has 3 saturated carbocycles. The summed E-state index contributed by atoms with van der Waals surface area (Å²) in [4.78, 5) is 56.4. The van der Waals surface area contributed by atoms with E-state index in [9.17, 15) is 29.9 Å². The van der Waals surface area contributed by atoms with E-state index in [-0.39, 0.29) is 31.5 Å². The third-order valence-corrected chi connectivity index (χ3v) is 24.9. The van der Waals surface area contributed by atoms with Gasteiger partial charge < -0.3 is 33.6 Å². The molecule has 2 heterocycles. The van der Waals surface area contributed by atoms with Gasteiger partial charge in [-0.15, -0.1) is 0 Å². The van der Waals surface area contributed by atoms with E-state index in [1.54, 1.807) is 59.3 Å². The van der Waals surface area contributed by atoms with Crippen LogP contribution in [0.5, 0.6) is 11.5 Å². The van der Waals surface area contributed by atoms with Crippen LogP contribution in [-0.2, 0) is 47.2 Å². The number of fused-ring (bicyclic) bond motifs is 5. The number of aliphatic hydroxyl groups excluding tert-OH is 1. The van der Waals surface area contributed by atoms with Crippen LogP contribution in [0.1, 0.15) is 96.6 Å². The number of nitrogens with one attached hydrogen (secondary N) is 1. The number of carbonyl (C=O) groups is 2. The number of Topliss-reactive ketones (excluding diaryl/α,β-unsaturated/α-hetero) is 1. The predicted molar refractivity (Wildman–Crippen MR) is 303 cm³/mol. The first-order valence-corrected chi connectivity index (χ1v) is 32.2. The number of allylic oxidation sites excluding steroid dienone is 4. The number of hydrogen-bond donors (Lipinski definition) is 3. The van der Waals surface area contributed by atoms with E-state index < -0.39 is 134 Å². The molecule has 2 unspecified atom stereocenters. The molecule has 13 atom stereocenters. The number of carbonyl (C=O) groups excluding carboxylic acids is 2. The fourth-order valence-electron chi connectivity index (χ4n) is 13.6. The number of nitriles is 1. The first kappa shape index (κ1) is 60.9. The number of phosphoric acid groups is 1. The standard InChI is InChI=1S/C61H75FN3O15PSi/c1-38-33-47-46-26-21-42-34-43(66)27-29-57(42,5)60(46,62)49(67)35-58(47,6)61(38,71)50(68)37-77-81(72,76-32-14-30-63)79-52-48(78-54(65-31-28-51(69)64-55(65)70)53(52)80-82(9,10)56(2,3)4)36-75-59(39-15-12-11-13-16-39,40-17-22-44(73-7)23-18-40)41-19-24-45(74-8)25-20-41/h11-13,15-20,22-25,27-29,31,34,38,46-49,52-54,67,71H,14,21,26,32-33,35-37H2,1-10H3,(H,64,69,70)/t38-,46+,47+,48-,49+,52+,53?,54-,57+,58+,60+,61+,81?/m1/s1. The van der Waals surface area contributed by atoms with Gasteiger partial charge in [0.2, 0.25) is 0 Å². The molecule has 3 aromatic carbocycles. The zero-order chi connectivity index (χ0) is 59.4. The molecular formula is C61H75FN3O15PSi. The molecule has 1 aliphatic heterocycles. The van der Waals surface area contributed by atoms with Crippen molar-refractivity contribution in [1.82, 2.24) is 9.55 Å². The normalized spacial score (nSPS) is 31.5. The van der Waals surface area contributed by atoms with Gasteiger partial charge in [0.15, 0.2) is 31.8 Å². The van der Waals surface area contributed by atoms with Gasteiger partial charge in [-0.05, 0) is 116 Å². The Morgan fingerprint density at radius 2 is 1.55 bits per heavy atom. The molecule has 4 aromatic rings. The number of ketones is 2. The zero-order valence-electron chi connectivity index (χ0n) is 48.1. The molecule has 0 amide bonds. The van der Waals surface area contributed by atoms with E-state index in [1.165, 1.54) is 24.4 Å². The Bertz CT molecular complexity index is 3260. The number of phosphoric ester groups is 1. The summed E-state index contributed by atoms with van der Waals surface area (Å²) in [6.07, 6.45) is -1.60. The number of hydrogen-bond acceptors (Lipinski definition) is 16. The molecule has 18 nitrogen and oxygen atoms in total. The maximum Gasteiger partial charge on any atom is 0.475 e. The van der Waals surface area contributed by atoms with E-state index in [4.69, 9.17) is 36.9 Å². The van der Waals surface area contributed by atoms with Crippen LogP contribution in [0.4, 0.5) is 4.39 Å². The maximum absolute atomic E-state index is 18.1. The summed E-state index contributed by atoms with van der Waals surface area (Å²) in [5.74, 6) is -2.30.